The predicted octanol–water partition coefficient (Wildman–Crippen LogP) is 3.36. The molecule has 138 valence electrons. The van der Waals surface area contributed by atoms with Crippen molar-refractivity contribution < 1.29 is 4.21 Å². The molecule has 0 amide bonds. The Bertz CT molecular complexity index is 1090. The highest BCUT2D eigenvalue weighted by Crippen LogP contribution is 2.23. The van der Waals surface area contributed by atoms with Gasteiger partial charge in [-0.3, -0.25) is 18.9 Å². The van der Waals surface area contributed by atoms with Crippen LogP contribution >= 0.6 is 0 Å². The van der Waals surface area contributed by atoms with E-state index in [2.05, 4.69) is 39.0 Å². The van der Waals surface area contributed by atoms with E-state index in [0.717, 1.165) is 33.6 Å². The maximum Gasteiger partial charge on any atom is 0.157 e. The van der Waals surface area contributed by atoms with E-state index in [-0.39, 0.29) is 0 Å². The number of pyridine rings is 2. The van der Waals surface area contributed by atoms with Gasteiger partial charge >= 0.3 is 0 Å². The van der Waals surface area contributed by atoms with Crippen LogP contribution in [0, 0.1) is 5.92 Å². The van der Waals surface area contributed by atoms with Gasteiger partial charge in [0.15, 0.2) is 5.82 Å². The predicted molar refractivity (Wildman–Crippen MR) is 105 cm³/mol. The molecule has 0 aliphatic rings. The lowest BCUT2D eigenvalue weighted by Crippen LogP contribution is -2.02. The van der Waals surface area contributed by atoms with Gasteiger partial charge in [-0.05, 0) is 30.5 Å². The van der Waals surface area contributed by atoms with E-state index in [1.165, 1.54) is 6.33 Å². The first-order valence-corrected chi connectivity index (χ1v) is 10.1. The van der Waals surface area contributed by atoms with Gasteiger partial charge in [-0.1, -0.05) is 13.8 Å². The molecule has 0 saturated heterocycles. The van der Waals surface area contributed by atoms with E-state index < -0.39 is 10.8 Å². The fourth-order valence-electron chi connectivity index (χ4n) is 2.83. The molecule has 8 heteroatoms. The molecule has 0 unspecified atom stereocenters. The number of nitrogens with one attached hydrogen (secondary N) is 1. The molecule has 27 heavy (non-hydrogen) atoms. The monoisotopic (exact) mass is 380 g/mol. The van der Waals surface area contributed by atoms with Gasteiger partial charge in [0.1, 0.15) is 12.0 Å². The molecule has 0 radical (unpaired) electrons. The fourth-order valence-corrected chi connectivity index (χ4v) is 4.18. The summed E-state index contributed by atoms with van der Waals surface area (Å²) in [5, 5.41) is 7.68. The average Bonchev–Trinajstić information content (AvgIpc) is 3.35. The van der Waals surface area contributed by atoms with Crippen LogP contribution in [0.5, 0.6) is 0 Å². The molecular formula is C19H20N6OS. The van der Waals surface area contributed by atoms with Crippen LogP contribution in [0.3, 0.4) is 0 Å². The van der Waals surface area contributed by atoms with Gasteiger partial charge in [-0.15, -0.1) is 0 Å². The highest BCUT2D eigenvalue weighted by atomic mass is 32.2. The summed E-state index contributed by atoms with van der Waals surface area (Å²) in [5.41, 5.74) is 2.52. The molecule has 1 atom stereocenters. The number of fused-ring (bicyclic) bond motifs is 1. The van der Waals surface area contributed by atoms with E-state index in [0.29, 0.717) is 17.5 Å². The van der Waals surface area contributed by atoms with Crippen LogP contribution in [0.15, 0.2) is 54.2 Å². The van der Waals surface area contributed by atoms with E-state index in [1.54, 1.807) is 18.6 Å². The number of hydrogen-bond acceptors (Lipinski definition) is 5. The number of H-pyrrole nitrogens is 1. The molecule has 7 nitrogen and oxygen atoms in total. The van der Waals surface area contributed by atoms with Crippen molar-refractivity contribution in [1.82, 2.24) is 29.7 Å². The zero-order valence-electron chi connectivity index (χ0n) is 15.2. The third-order valence-electron chi connectivity index (χ3n) is 4.34. The topological polar surface area (TPSA) is 89.3 Å². The summed E-state index contributed by atoms with van der Waals surface area (Å²) in [7, 11) is -1.02. The van der Waals surface area contributed by atoms with Gasteiger partial charge in [0.05, 0.1) is 27.6 Å². The zero-order valence-corrected chi connectivity index (χ0v) is 16.0. The van der Waals surface area contributed by atoms with Gasteiger partial charge in [0.2, 0.25) is 0 Å². The molecule has 0 aliphatic heterocycles. The SMILES string of the molecule is CC(C)CC[S@@](=O)c1cnc2c(ccn2-c2cncc(-c3ncn[nH]3)c2)c1. The molecule has 4 rings (SSSR count). The number of aromatic amines is 1. The second-order valence-electron chi connectivity index (χ2n) is 6.77. The summed E-state index contributed by atoms with van der Waals surface area (Å²) in [5.74, 6) is 1.86. The molecule has 0 bridgehead atoms. The standard InChI is InChI=1S/C19H20N6OS/c1-13(2)4-6-27(26)17-8-14-3-5-25(19(14)21-11-17)16-7-15(9-20-10-16)18-22-12-23-24-18/h3,5,7-13H,4,6H2,1-2H3,(H,22,23,24)/t27-/m1/s1. The van der Waals surface area contributed by atoms with Crippen LogP contribution in [-0.4, -0.2) is 39.7 Å². The van der Waals surface area contributed by atoms with Crippen molar-refractivity contribution in [2.75, 3.05) is 5.75 Å². The van der Waals surface area contributed by atoms with Crippen molar-refractivity contribution in [3.63, 3.8) is 0 Å². The molecule has 0 saturated carbocycles. The van der Waals surface area contributed by atoms with Gasteiger partial charge < -0.3 is 0 Å². The molecule has 1 N–H and O–H groups in total. The number of hydrogen-bond donors (Lipinski definition) is 1. The first-order chi connectivity index (χ1) is 13.1. The average molecular weight is 380 g/mol. The Labute approximate surface area is 159 Å². The molecular weight excluding hydrogens is 360 g/mol. The van der Waals surface area contributed by atoms with E-state index in [4.69, 9.17) is 0 Å². The van der Waals surface area contributed by atoms with Gasteiger partial charge in [-0.2, -0.15) is 5.10 Å². The first kappa shape index (κ1) is 17.5. The largest absolute Gasteiger partial charge is 0.300 e. The molecule has 4 aromatic rings. The smallest absolute Gasteiger partial charge is 0.157 e. The van der Waals surface area contributed by atoms with Crippen molar-refractivity contribution in [2.24, 2.45) is 5.92 Å². The molecule has 4 aromatic heterocycles. The summed E-state index contributed by atoms with van der Waals surface area (Å²) in [6.45, 7) is 4.28. The maximum atomic E-state index is 12.5. The van der Waals surface area contributed by atoms with Crippen molar-refractivity contribution in [1.29, 1.82) is 0 Å². The second kappa shape index (κ2) is 7.40. The van der Waals surface area contributed by atoms with Crippen molar-refractivity contribution in [3.8, 4) is 17.1 Å². The maximum absolute atomic E-state index is 12.5. The quantitative estimate of drug-likeness (QED) is 0.554. The van der Waals surface area contributed by atoms with Crippen LogP contribution in [0.4, 0.5) is 0 Å². The van der Waals surface area contributed by atoms with Gasteiger partial charge in [0, 0.05) is 35.3 Å². The second-order valence-corrected chi connectivity index (χ2v) is 8.34. The lowest BCUT2D eigenvalue weighted by molar-refractivity contribution is 0.619. The number of rotatable bonds is 6. The third-order valence-corrected chi connectivity index (χ3v) is 5.69. The Hall–Kier alpha value is -2.87. The molecule has 4 heterocycles. The Kier molecular flexibility index (Phi) is 4.81. The highest BCUT2D eigenvalue weighted by molar-refractivity contribution is 7.85. The zero-order chi connectivity index (χ0) is 18.8. The van der Waals surface area contributed by atoms with Crippen LogP contribution < -0.4 is 0 Å². The van der Waals surface area contributed by atoms with Gasteiger partial charge in [0.25, 0.3) is 0 Å². The van der Waals surface area contributed by atoms with E-state index >= 15 is 0 Å². The Morgan fingerprint density at radius 1 is 1.19 bits per heavy atom. The molecule has 0 aliphatic carbocycles. The van der Waals surface area contributed by atoms with Crippen LogP contribution in [0.1, 0.15) is 20.3 Å². The van der Waals surface area contributed by atoms with Crippen LogP contribution in [-0.2, 0) is 10.8 Å². The van der Waals surface area contributed by atoms with Crippen molar-refractivity contribution in [2.45, 2.75) is 25.2 Å². The number of nitrogens with zero attached hydrogens (tertiary/aromatic N) is 5. The van der Waals surface area contributed by atoms with Crippen molar-refractivity contribution in [3.05, 3.63) is 49.3 Å². The van der Waals surface area contributed by atoms with Crippen LogP contribution in [0.2, 0.25) is 0 Å². The summed E-state index contributed by atoms with van der Waals surface area (Å²) in [4.78, 5) is 13.8. The Morgan fingerprint density at radius 2 is 2.07 bits per heavy atom. The summed E-state index contributed by atoms with van der Waals surface area (Å²) < 4.78 is 14.4. The summed E-state index contributed by atoms with van der Waals surface area (Å²) >= 11 is 0. The highest BCUT2D eigenvalue weighted by Gasteiger charge is 2.11. The lowest BCUT2D eigenvalue weighted by Gasteiger charge is -2.07. The third kappa shape index (κ3) is 3.66. The lowest BCUT2D eigenvalue weighted by atomic mass is 10.2. The minimum absolute atomic E-state index is 0.538. The minimum atomic E-state index is -1.02. The molecule has 0 aromatic carbocycles. The summed E-state index contributed by atoms with van der Waals surface area (Å²) in [6.07, 6.45) is 9.57. The summed E-state index contributed by atoms with van der Waals surface area (Å²) in [6, 6.07) is 5.92. The molecule has 0 fully saturated rings. The molecule has 0 spiro atoms. The van der Waals surface area contributed by atoms with E-state index in [9.17, 15) is 4.21 Å². The van der Waals surface area contributed by atoms with Crippen LogP contribution in [0.25, 0.3) is 28.1 Å². The van der Waals surface area contributed by atoms with E-state index in [1.807, 2.05) is 29.0 Å². The normalized spacial score (nSPS) is 12.7. The van der Waals surface area contributed by atoms with Gasteiger partial charge in [-0.25, -0.2) is 9.97 Å². The Morgan fingerprint density at radius 3 is 2.85 bits per heavy atom. The fraction of sp³-hybridized carbons (Fsp3) is 0.263. The Balaban J connectivity index is 1.66. The number of aromatic nitrogens is 6. The minimum Gasteiger partial charge on any atom is -0.300 e. The van der Waals surface area contributed by atoms with Crippen molar-refractivity contribution >= 4 is 21.8 Å². The first-order valence-electron chi connectivity index (χ1n) is 8.78.